The summed E-state index contributed by atoms with van der Waals surface area (Å²) in [7, 11) is 1.60. The van der Waals surface area contributed by atoms with Gasteiger partial charge in [0.05, 0.1) is 7.11 Å². The molecule has 27 heavy (non-hydrogen) atoms. The van der Waals surface area contributed by atoms with Crippen LogP contribution in [0.25, 0.3) is 0 Å². The number of rotatable bonds is 6. The minimum Gasteiger partial charge on any atom is -0.497 e. The highest BCUT2D eigenvalue weighted by atomic mass is 32.1. The molecule has 3 aromatic rings. The number of hydrogen-bond acceptors (Lipinski definition) is 7. The van der Waals surface area contributed by atoms with E-state index in [2.05, 4.69) is 15.6 Å². The van der Waals surface area contributed by atoms with Gasteiger partial charge < -0.3 is 21.1 Å². The van der Waals surface area contributed by atoms with E-state index in [1.807, 2.05) is 24.3 Å². The Hall–Kier alpha value is -3.39. The van der Waals surface area contributed by atoms with Gasteiger partial charge in [-0.1, -0.05) is 11.3 Å². The van der Waals surface area contributed by atoms with Gasteiger partial charge >= 0.3 is 0 Å². The molecule has 0 spiro atoms. The molecular formula is C19H18N4O3S. The zero-order valence-corrected chi connectivity index (χ0v) is 15.6. The molecule has 0 bridgehead atoms. The summed E-state index contributed by atoms with van der Waals surface area (Å²) in [6.07, 6.45) is 0. The number of amides is 1. The SMILES string of the molecule is COc1ccc(Nc2nc(N)c(C(=O)c3ccc(NC(C)=O)cc3)s2)cc1. The fraction of sp³-hybridized carbons (Fsp3) is 0.105. The highest BCUT2D eigenvalue weighted by Gasteiger charge is 2.18. The van der Waals surface area contributed by atoms with Crippen molar-refractivity contribution >= 4 is 45.4 Å². The molecule has 0 aliphatic carbocycles. The standard InChI is InChI=1S/C19H18N4O3S/c1-11(24)21-13-5-3-12(4-6-13)16(25)17-18(20)23-19(27-17)22-14-7-9-15(26-2)10-8-14/h3-10H,20H2,1-2H3,(H,21,24)(H,22,23). The molecule has 1 heterocycles. The van der Waals surface area contributed by atoms with Crippen LogP contribution < -0.4 is 21.1 Å². The maximum Gasteiger partial charge on any atom is 0.221 e. The van der Waals surface area contributed by atoms with Crippen LogP contribution in [-0.4, -0.2) is 23.8 Å². The van der Waals surface area contributed by atoms with Crippen LogP contribution in [0.2, 0.25) is 0 Å². The van der Waals surface area contributed by atoms with E-state index in [-0.39, 0.29) is 17.5 Å². The van der Waals surface area contributed by atoms with E-state index in [0.717, 1.165) is 11.4 Å². The molecular weight excluding hydrogens is 364 g/mol. The zero-order valence-electron chi connectivity index (χ0n) is 14.8. The largest absolute Gasteiger partial charge is 0.497 e. The van der Waals surface area contributed by atoms with E-state index in [0.29, 0.717) is 21.3 Å². The lowest BCUT2D eigenvalue weighted by molar-refractivity contribution is -0.114. The number of nitrogens with one attached hydrogen (secondary N) is 2. The molecule has 0 aliphatic heterocycles. The van der Waals surface area contributed by atoms with Crippen LogP contribution in [0.15, 0.2) is 48.5 Å². The van der Waals surface area contributed by atoms with Crippen molar-refractivity contribution in [2.24, 2.45) is 0 Å². The van der Waals surface area contributed by atoms with Gasteiger partial charge in [0.25, 0.3) is 0 Å². The molecule has 7 nitrogen and oxygen atoms in total. The van der Waals surface area contributed by atoms with E-state index >= 15 is 0 Å². The normalized spacial score (nSPS) is 10.3. The van der Waals surface area contributed by atoms with E-state index < -0.39 is 0 Å². The van der Waals surface area contributed by atoms with E-state index in [4.69, 9.17) is 10.5 Å². The van der Waals surface area contributed by atoms with Crippen molar-refractivity contribution in [3.8, 4) is 5.75 Å². The summed E-state index contributed by atoms with van der Waals surface area (Å²) in [5.74, 6) is 0.530. The Bertz CT molecular complexity index is 966. The van der Waals surface area contributed by atoms with Gasteiger partial charge in [-0.25, -0.2) is 4.98 Å². The molecule has 0 aliphatic rings. The average molecular weight is 382 g/mol. The second kappa shape index (κ2) is 7.88. The average Bonchev–Trinajstić information content (AvgIpc) is 3.02. The number of carbonyl (C=O) groups is 2. The monoisotopic (exact) mass is 382 g/mol. The molecule has 1 amide bonds. The zero-order chi connectivity index (χ0) is 19.4. The number of carbonyl (C=O) groups excluding carboxylic acids is 2. The van der Waals surface area contributed by atoms with Gasteiger partial charge in [-0.15, -0.1) is 0 Å². The van der Waals surface area contributed by atoms with Gasteiger partial charge in [-0.3, -0.25) is 9.59 Å². The Morgan fingerprint density at radius 1 is 1.04 bits per heavy atom. The van der Waals surface area contributed by atoms with Gasteiger partial charge in [0.2, 0.25) is 11.7 Å². The topological polar surface area (TPSA) is 106 Å². The van der Waals surface area contributed by atoms with Crippen molar-refractivity contribution in [1.29, 1.82) is 0 Å². The fourth-order valence-corrected chi connectivity index (χ4v) is 3.25. The first-order valence-electron chi connectivity index (χ1n) is 8.06. The summed E-state index contributed by atoms with van der Waals surface area (Å²) < 4.78 is 5.12. The van der Waals surface area contributed by atoms with Gasteiger partial charge in [0.15, 0.2) is 5.13 Å². The van der Waals surface area contributed by atoms with Crippen molar-refractivity contribution in [3.63, 3.8) is 0 Å². The van der Waals surface area contributed by atoms with Crippen molar-refractivity contribution in [2.45, 2.75) is 6.92 Å². The summed E-state index contributed by atoms with van der Waals surface area (Å²) in [6, 6.07) is 14.0. The van der Waals surface area contributed by atoms with Crippen LogP contribution in [0.4, 0.5) is 22.3 Å². The molecule has 4 N–H and O–H groups in total. The summed E-state index contributed by atoms with van der Waals surface area (Å²) in [6.45, 7) is 1.43. The molecule has 138 valence electrons. The maximum atomic E-state index is 12.7. The highest BCUT2D eigenvalue weighted by molar-refractivity contribution is 7.18. The van der Waals surface area contributed by atoms with Gasteiger partial charge in [0, 0.05) is 23.9 Å². The van der Waals surface area contributed by atoms with Gasteiger partial charge in [-0.2, -0.15) is 0 Å². The quantitative estimate of drug-likeness (QED) is 0.562. The number of nitrogens with two attached hydrogens (primary N) is 1. The lowest BCUT2D eigenvalue weighted by Gasteiger charge is -2.04. The number of anilines is 4. The Morgan fingerprint density at radius 2 is 1.67 bits per heavy atom. The first kappa shape index (κ1) is 18.4. The molecule has 8 heteroatoms. The Labute approximate surface area is 160 Å². The maximum absolute atomic E-state index is 12.7. The van der Waals surface area contributed by atoms with Crippen molar-refractivity contribution in [2.75, 3.05) is 23.5 Å². The predicted octanol–water partition coefficient (Wildman–Crippen LogP) is 3.67. The Balaban J connectivity index is 1.76. The number of methoxy groups -OCH3 is 1. The third-order valence-corrected chi connectivity index (χ3v) is 4.65. The van der Waals surface area contributed by atoms with Gasteiger partial charge in [0.1, 0.15) is 16.4 Å². The van der Waals surface area contributed by atoms with Gasteiger partial charge in [-0.05, 0) is 48.5 Å². The number of nitrogen functional groups attached to an aromatic ring is 1. The number of thiazole rings is 1. The Kier molecular flexibility index (Phi) is 5.37. The number of aromatic nitrogens is 1. The Morgan fingerprint density at radius 3 is 2.26 bits per heavy atom. The van der Waals surface area contributed by atoms with Crippen LogP contribution in [0.3, 0.4) is 0 Å². The molecule has 0 saturated heterocycles. The third-order valence-electron chi connectivity index (χ3n) is 3.67. The minimum absolute atomic E-state index is 0.171. The minimum atomic E-state index is -0.220. The van der Waals surface area contributed by atoms with E-state index in [1.54, 1.807) is 31.4 Å². The van der Waals surface area contributed by atoms with Crippen LogP contribution in [0, 0.1) is 0 Å². The van der Waals surface area contributed by atoms with Crippen LogP contribution >= 0.6 is 11.3 Å². The summed E-state index contributed by atoms with van der Waals surface area (Å²) in [5.41, 5.74) is 7.84. The van der Waals surface area contributed by atoms with Crippen molar-refractivity contribution in [3.05, 3.63) is 59.0 Å². The smallest absolute Gasteiger partial charge is 0.221 e. The fourth-order valence-electron chi connectivity index (χ4n) is 2.39. The summed E-state index contributed by atoms with van der Waals surface area (Å²) in [5, 5.41) is 6.31. The number of benzene rings is 2. The molecule has 0 unspecified atom stereocenters. The van der Waals surface area contributed by atoms with Crippen molar-refractivity contribution < 1.29 is 14.3 Å². The van der Waals surface area contributed by atoms with Crippen LogP contribution in [0.1, 0.15) is 22.2 Å². The van der Waals surface area contributed by atoms with E-state index in [9.17, 15) is 9.59 Å². The first-order chi connectivity index (χ1) is 13.0. The second-order valence-electron chi connectivity index (χ2n) is 5.67. The predicted molar refractivity (Wildman–Crippen MR) is 107 cm³/mol. The van der Waals surface area contributed by atoms with Crippen molar-refractivity contribution in [1.82, 2.24) is 4.98 Å². The number of ketones is 1. The molecule has 0 atom stereocenters. The molecule has 0 radical (unpaired) electrons. The highest BCUT2D eigenvalue weighted by Crippen LogP contribution is 2.30. The molecule has 0 fully saturated rings. The summed E-state index contributed by atoms with van der Waals surface area (Å²) in [4.78, 5) is 28.4. The summed E-state index contributed by atoms with van der Waals surface area (Å²) >= 11 is 1.18. The molecule has 0 saturated carbocycles. The lowest BCUT2D eigenvalue weighted by Crippen LogP contribution is -2.06. The van der Waals surface area contributed by atoms with Crippen LogP contribution in [0.5, 0.6) is 5.75 Å². The first-order valence-corrected chi connectivity index (χ1v) is 8.87. The second-order valence-corrected chi connectivity index (χ2v) is 6.67. The van der Waals surface area contributed by atoms with E-state index in [1.165, 1.54) is 18.3 Å². The molecule has 2 aromatic carbocycles. The van der Waals surface area contributed by atoms with Crippen LogP contribution in [-0.2, 0) is 4.79 Å². The lowest BCUT2D eigenvalue weighted by atomic mass is 10.1. The number of nitrogens with zero attached hydrogens (tertiary/aromatic N) is 1. The number of ether oxygens (including phenoxy) is 1. The molecule has 3 rings (SSSR count). The third kappa shape index (κ3) is 4.42. The molecule has 1 aromatic heterocycles. The number of hydrogen-bond donors (Lipinski definition) is 3.